The molecular weight excluding hydrogens is 330 g/mol. The van der Waals surface area contributed by atoms with E-state index in [1.54, 1.807) is 0 Å². The van der Waals surface area contributed by atoms with Crippen LogP contribution in [0.5, 0.6) is 0 Å². The number of aromatic nitrogens is 4. The van der Waals surface area contributed by atoms with Gasteiger partial charge in [0.05, 0.1) is 17.3 Å². The average Bonchev–Trinajstić information content (AvgIpc) is 3.27. The molecule has 0 aliphatic heterocycles. The zero-order valence-corrected chi connectivity index (χ0v) is 14.4. The Morgan fingerprint density at radius 3 is 2.92 bits per heavy atom. The number of nitrogens with one attached hydrogen (secondary N) is 2. The van der Waals surface area contributed by atoms with Gasteiger partial charge in [-0.25, -0.2) is 0 Å². The van der Waals surface area contributed by atoms with Crippen molar-refractivity contribution in [2.24, 2.45) is 0 Å². The number of nitrogens with zero attached hydrogens (tertiary/aromatic N) is 3. The molecule has 2 N–H and O–H groups in total. The number of H-pyrrole nitrogens is 2. The quantitative estimate of drug-likeness (QED) is 0.536. The monoisotopic (exact) mass is 345 g/mol. The van der Waals surface area contributed by atoms with E-state index in [1.807, 2.05) is 53.2 Å². The second kappa shape index (κ2) is 6.04. The van der Waals surface area contributed by atoms with Crippen LogP contribution in [0, 0.1) is 16.1 Å². The first-order valence-electron chi connectivity index (χ1n) is 8.00. The molecule has 0 unspecified atom stereocenters. The summed E-state index contributed by atoms with van der Waals surface area (Å²) in [7, 11) is 0. The van der Waals surface area contributed by atoms with Crippen molar-refractivity contribution in [2.45, 2.75) is 13.3 Å². The Balaban J connectivity index is 2.04. The number of nitriles is 1. The highest BCUT2D eigenvalue weighted by Gasteiger charge is 2.16. The summed E-state index contributed by atoms with van der Waals surface area (Å²) in [5, 5.41) is 17.9. The molecule has 2 heterocycles. The minimum absolute atomic E-state index is 0.495. The minimum Gasteiger partial charge on any atom is -0.361 e. The SMILES string of the molecule is CCc1ccc(C#N)c(-c2n[nH]c(=S)n2-c2cccc3[nH]ccc23)c1. The Morgan fingerprint density at radius 1 is 1.24 bits per heavy atom. The molecule has 0 bridgehead atoms. The highest BCUT2D eigenvalue weighted by molar-refractivity contribution is 7.71. The van der Waals surface area contributed by atoms with Crippen LogP contribution in [0.3, 0.4) is 0 Å². The molecule has 4 rings (SSSR count). The standard InChI is InChI=1S/C19H15N5S/c1-2-12-6-7-13(11-20)15(10-12)18-22-23-19(25)24(18)17-5-3-4-16-14(17)8-9-21-16/h3-10,21H,2H2,1H3,(H,23,25). The van der Waals surface area contributed by atoms with Crippen molar-refractivity contribution in [2.75, 3.05) is 0 Å². The molecule has 0 saturated heterocycles. The highest BCUT2D eigenvalue weighted by atomic mass is 32.1. The largest absolute Gasteiger partial charge is 0.361 e. The van der Waals surface area contributed by atoms with Crippen molar-refractivity contribution in [3.05, 3.63) is 64.6 Å². The first-order chi connectivity index (χ1) is 12.2. The lowest BCUT2D eigenvalue weighted by Gasteiger charge is -2.10. The smallest absolute Gasteiger partial charge is 0.200 e. The Kier molecular flexibility index (Phi) is 3.71. The minimum atomic E-state index is 0.495. The topological polar surface area (TPSA) is 73.2 Å². The predicted molar refractivity (Wildman–Crippen MR) is 100 cm³/mol. The summed E-state index contributed by atoms with van der Waals surface area (Å²) >= 11 is 5.48. The molecule has 25 heavy (non-hydrogen) atoms. The summed E-state index contributed by atoms with van der Waals surface area (Å²) < 4.78 is 2.38. The zero-order valence-electron chi connectivity index (χ0n) is 13.6. The molecule has 2 aromatic heterocycles. The molecule has 5 nitrogen and oxygen atoms in total. The number of rotatable bonds is 3. The lowest BCUT2D eigenvalue weighted by atomic mass is 10.0. The van der Waals surface area contributed by atoms with Crippen molar-refractivity contribution >= 4 is 23.1 Å². The van der Waals surface area contributed by atoms with Crippen LogP contribution < -0.4 is 0 Å². The van der Waals surface area contributed by atoms with Gasteiger partial charge in [-0.1, -0.05) is 19.1 Å². The fraction of sp³-hybridized carbons (Fsp3) is 0.105. The first-order valence-corrected chi connectivity index (χ1v) is 8.41. The van der Waals surface area contributed by atoms with E-state index in [0.717, 1.165) is 34.1 Å². The number of aryl methyl sites for hydroxylation is 1. The van der Waals surface area contributed by atoms with E-state index in [-0.39, 0.29) is 0 Å². The van der Waals surface area contributed by atoms with Crippen LogP contribution in [0.15, 0.2) is 48.7 Å². The van der Waals surface area contributed by atoms with Crippen LogP contribution in [-0.2, 0) is 6.42 Å². The highest BCUT2D eigenvalue weighted by Crippen LogP contribution is 2.29. The lowest BCUT2D eigenvalue weighted by Crippen LogP contribution is -2.00. The maximum absolute atomic E-state index is 9.52. The molecule has 0 radical (unpaired) electrons. The lowest BCUT2D eigenvalue weighted by molar-refractivity contribution is 1.04. The van der Waals surface area contributed by atoms with E-state index in [0.29, 0.717) is 16.2 Å². The third kappa shape index (κ3) is 2.46. The van der Waals surface area contributed by atoms with Crippen molar-refractivity contribution in [1.29, 1.82) is 5.26 Å². The third-order valence-electron chi connectivity index (χ3n) is 4.34. The molecule has 0 spiro atoms. The van der Waals surface area contributed by atoms with E-state index in [1.165, 1.54) is 0 Å². The van der Waals surface area contributed by atoms with Crippen LogP contribution in [0.2, 0.25) is 0 Å². The van der Waals surface area contributed by atoms with Gasteiger partial charge in [0.15, 0.2) is 10.6 Å². The van der Waals surface area contributed by atoms with Crippen LogP contribution in [0.1, 0.15) is 18.1 Å². The van der Waals surface area contributed by atoms with Crippen LogP contribution in [0.25, 0.3) is 28.0 Å². The number of benzene rings is 2. The van der Waals surface area contributed by atoms with E-state index in [9.17, 15) is 5.26 Å². The second-order valence-corrected chi connectivity index (χ2v) is 6.14. The molecule has 0 atom stereocenters. The summed E-state index contributed by atoms with van der Waals surface area (Å²) in [5.74, 6) is 0.644. The van der Waals surface area contributed by atoms with Gasteiger partial charge in [-0.3, -0.25) is 9.67 Å². The molecular formula is C19H15N5S. The third-order valence-corrected chi connectivity index (χ3v) is 4.61. The van der Waals surface area contributed by atoms with Crippen molar-refractivity contribution in [1.82, 2.24) is 19.7 Å². The predicted octanol–water partition coefficient (Wildman–Crippen LogP) is 4.51. The fourth-order valence-electron chi connectivity index (χ4n) is 3.06. The van der Waals surface area contributed by atoms with E-state index >= 15 is 0 Å². The van der Waals surface area contributed by atoms with Gasteiger partial charge in [0.25, 0.3) is 0 Å². The molecule has 0 amide bonds. The van der Waals surface area contributed by atoms with Crippen molar-refractivity contribution in [3.8, 4) is 23.1 Å². The molecule has 6 heteroatoms. The Bertz CT molecular complexity index is 1170. The molecule has 0 aliphatic carbocycles. The number of fused-ring (bicyclic) bond motifs is 1. The Labute approximate surface area is 149 Å². The van der Waals surface area contributed by atoms with E-state index in [4.69, 9.17) is 12.2 Å². The van der Waals surface area contributed by atoms with Gasteiger partial charge < -0.3 is 4.98 Å². The van der Waals surface area contributed by atoms with E-state index < -0.39 is 0 Å². The fourth-order valence-corrected chi connectivity index (χ4v) is 3.29. The second-order valence-electron chi connectivity index (χ2n) is 5.75. The summed E-state index contributed by atoms with van der Waals surface area (Å²) in [6, 6.07) is 16.1. The zero-order chi connectivity index (χ0) is 17.4. The Morgan fingerprint density at radius 2 is 2.12 bits per heavy atom. The molecule has 2 aromatic carbocycles. The average molecular weight is 345 g/mol. The van der Waals surface area contributed by atoms with Gasteiger partial charge in [0.2, 0.25) is 0 Å². The maximum atomic E-state index is 9.52. The number of hydrogen-bond donors (Lipinski definition) is 2. The number of aromatic amines is 2. The van der Waals surface area contributed by atoms with Gasteiger partial charge in [-0.05, 0) is 54.5 Å². The maximum Gasteiger partial charge on any atom is 0.200 e. The van der Waals surface area contributed by atoms with Crippen molar-refractivity contribution < 1.29 is 0 Å². The molecule has 0 aliphatic rings. The normalized spacial score (nSPS) is 10.9. The van der Waals surface area contributed by atoms with Gasteiger partial charge in [0, 0.05) is 22.7 Å². The van der Waals surface area contributed by atoms with Crippen LogP contribution in [0.4, 0.5) is 0 Å². The van der Waals surface area contributed by atoms with Crippen LogP contribution in [-0.4, -0.2) is 19.7 Å². The summed E-state index contributed by atoms with van der Waals surface area (Å²) in [6.45, 7) is 2.09. The first kappa shape index (κ1) is 15.4. The van der Waals surface area contributed by atoms with Crippen LogP contribution >= 0.6 is 12.2 Å². The van der Waals surface area contributed by atoms with Crippen molar-refractivity contribution in [3.63, 3.8) is 0 Å². The molecule has 122 valence electrons. The number of hydrogen-bond acceptors (Lipinski definition) is 3. The molecule has 0 saturated carbocycles. The molecule has 4 aromatic rings. The van der Waals surface area contributed by atoms with E-state index in [2.05, 4.69) is 28.2 Å². The van der Waals surface area contributed by atoms with Gasteiger partial charge in [0.1, 0.15) is 0 Å². The molecule has 0 fully saturated rings. The van der Waals surface area contributed by atoms with Gasteiger partial charge in [-0.2, -0.15) is 10.4 Å². The Hall–Kier alpha value is -3.17. The van der Waals surface area contributed by atoms with Gasteiger partial charge >= 0.3 is 0 Å². The summed E-state index contributed by atoms with van der Waals surface area (Å²) in [6.07, 6.45) is 2.78. The van der Waals surface area contributed by atoms with Gasteiger partial charge in [-0.15, -0.1) is 0 Å². The summed E-state index contributed by atoms with van der Waals surface area (Å²) in [4.78, 5) is 3.21. The summed E-state index contributed by atoms with van der Waals surface area (Å²) in [5.41, 5.74) is 4.46.